The van der Waals surface area contributed by atoms with Crippen LogP contribution in [0.5, 0.6) is 0 Å². The second-order valence-electron chi connectivity index (χ2n) is 4.64. The molecule has 0 aliphatic rings. The van der Waals surface area contributed by atoms with Crippen LogP contribution in [-0.4, -0.2) is 15.0 Å². The molecule has 1 aromatic carbocycles. The Labute approximate surface area is 122 Å². The minimum absolute atomic E-state index is 0.501. The summed E-state index contributed by atoms with van der Waals surface area (Å²) in [7, 11) is 0. The van der Waals surface area contributed by atoms with Crippen molar-refractivity contribution in [3.8, 4) is 11.5 Å². The van der Waals surface area contributed by atoms with Crippen LogP contribution in [0.4, 0.5) is 0 Å². The van der Waals surface area contributed by atoms with Crippen LogP contribution in [0.2, 0.25) is 5.15 Å². The maximum Gasteiger partial charge on any atom is 0.180 e. The van der Waals surface area contributed by atoms with Gasteiger partial charge in [0.05, 0.1) is 0 Å². The second kappa shape index (κ2) is 5.17. The zero-order chi connectivity index (χ0) is 14.1. The number of nitrogens with zero attached hydrogens (tertiary/aromatic N) is 3. The molecule has 0 saturated carbocycles. The van der Waals surface area contributed by atoms with Crippen molar-refractivity contribution in [2.75, 3.05) is 0 Å². The van der Waals surface area contributed by atoms with E-state index >= 15 is 0 Å². The van der Waals surface area contributed by atoms with Gasteiger partial charge in [0.15, 0.2) is 5.82 Å². The van der Waals surface area contributed by atoms with Gasteiger partial charge in [-0.1, -0.05) is 42.8 Å². The highest BCUT2D eigenvalue weighted by atomic mass is 35.5. The summed E-state index contributed by atoms with van der Waals surface area (Å²) in [4.78, 5) is 13.4. The Morgan fingerprint density at radius 2 is 1.90 bits per heavy atom. The highest BCUT2D eigenvalue weighted by Crippen LogP contribution is 2.26. The van der Waals surface area contributed by atoms with Gasteiger partial charge in [-0.2, -0.15) is 0 Å². The molecule has 0 aliphatic heterocycles. The number of fused-ring (bicyclic) bond motifs is 1. The van der Waals surface area contributed by atoms with Crippen LogP contribution < -0.4 is 0 Å². The number of aromatic nitrogens is 3. The van der Waals surface area contributed by atoms with Crippen molar-refractivity contribution in [1.29, 1.82) is 0 Å². The molecule has 3 aromatic rings. The first-order valence-corrected chi connectivity index (χ1v) is 6.95. The monoisotopic (exact) mass is 283 g/mol. The average molecular weight is 284 g/mol. The maximum absolute atomic E-state index is 6.22. The van der Waals surface area contributed by atoms with Crippen LogP contribution in [0.3, 0.4) is 0 Å². The number of benzene rings is 1. The number of aryl methyl sites for hydroxylation is 1. The first kappa shape index (κ1) is 13.0. The van der Waals surface area contributed by atoms with E-state index in [1.54, 1.807) is 6.20 Å². The molecule has 100 valence electrons. The van der Waals surface area contributed by atoms with Gasteiger partial charge in [-0.25, -0.2) is 9.97 Å². The van der Waals surface area contributed by atoms with Crippen molar-refractivity contribution in [2.24, 2.45) is 0 Å². The standard InChI is InChI=1S/C16H14ClN3/c1-3-13-10(2)15(17)20-16(19-13)14-12-7-5-4-6-11(12)8-9-18-14/h4-9H,3H2,1-2H3. The molecule has 0 radical (unpaired) electrons. The fraction of sp³-hybridized carbons (Fsp3) is 0.188. The second-order valence-corrected chi connectivity index (χ2v) is 5.00. The molecule has 3 rings (SSSR count). The number of pyridine rings is 1. The lowest BCUT2D eigenvalue weighted by atomic mass is 10.1. The lowest BCUT2D eigenvalue weighted by Gasteiger charge is -2.09. The summed E-state index contributed by atoms with van der Waals surface area (Å²) in [6.07, 6.45) is 2.60. The highest BCUT2D eigenvalue weighted by Gasteiger charge is 2.12. The van der Waals surface area contributed by atoms with Gasteiger partial charge in [0.1, 0.15) is 10.8 Å². The maximum atomic E-state index is 6.22. The normalized spacial score (nSPS) is 10.9. The van der Waals surface area contributed by atoms with Crippen molar-refractivity contribution < 1.29 is 0 Å². The van der Waals surface area contributed by atoms with Crippen molar-refractivity contribution in [1.82, 2.24) is 15.0 Å². The molecule has 4 heteroatoms. The Morgan fingerprint density at radius 1 is 1.10 bits per heavy atom. The predicted molar refractivity (Wildman–Crippen MR) is 81.9 cm³/mol. The van der Waals surface area contributed by atoms with E-state index in [9.17, 15) is 0 Å². The molecule has 0 unspecified atom stereocenters. The van der Waals surface area contributed by atoms with E-state index < -0.39 is 0 Å². The van der Waals surface area contributed by atoms with E-state index in [1.165, 1.54) is 0 Å². The van der Waals surface area contributed by atoms with Crippen LogP contribution in [0.1, 0.15) is 18.2 Å². The van der Waals surface area contributed by atoms with E-state index in [0.29, 0.717) is 11.0 Å². The average Bonchev–Trinajstić information content (AvgIpc) is 2.49. The van der Waals surface area contributed by atoms with Crippen molar-refractivity contribution in [3.63, 3.8) is 0 Å². The molecule has 0 N–H and O–H groups in total. The molecule has 0 spiro atoms. The molecule has 0 atom stereocenters. The molecule has 2 heterocycles. The van der Waals surface area contributed by atoms with Gasteiger partial charge in [0, 0.05) is 22.8 Å². The largest absolute Gasteiger partial charge is 0.252 e. The van der Waals surface area contributed by atoms with Crippen molar-refractivity contribution in [3.05, 3.63) is 52.9 Å². The Bertz CT molecular complexity index is 779. The Morgan fingerprint density at radius 3 is 2.70 bits per heavy atom. The summed E-state index contributed by atoms with van der Waals surface area (Å²) < 4.78 is 0. The lowest BCUT2D eigenvalue weighted by Crippen LogP contribution is -2.01. The van der Waals surface area contributed by atoms with E-state index in [2.05, 4.69) is 27.9 Å². The minimum Gasteiger partial charge on any atom is -0.252 e. The summed E-state index contributed by atoms with van der Waals surface area (Å²) in [6, 6.07) is 10.1. The molecular formula is C16H14ClN3. The summed E-state index contributed by atoms with van der Waals surface area (Å²) in [6.45, 7) is 4.01. The summed E-state index contributed by atoms with van der Waals surface area (Å²) in [5.41, 5.74) is 2.69. The van der Waals surface area contributed by atoms with Gasteiger partial charge in [-0.3, -0.25) is 4.98 Å². The van der Waals surface area contributed by atoms with E-state index in [-0.39, 0.29) is 0 Å². The Hall–Kier alpha value is -2.00. The molecular weight excluding hydrogens is 270 g/mol. The van der Waals surface area contributed by atoms with Crippen LogP contribution in [-0.2, 0) is 6.42 Å². The topological polar surface area (TPSA) is 38.7 Å². The van der Waals surface area contributed by atoms with Crippen LogP contribution in [0, 0.1) is 6.92 Å². The van der Waals surface area contributed by atoms with Gasteiger partial charge >= 0.3 is 0 Å². The van der Waals surface area contributed by atoms with Crippen LogP contribution in [0.25, 0.3) is 22.3 Å². The fourth-order valence-electron chi connectivity index (χ4n) is 2.28. The van der Waals surface area contributed by atoms with E-state index in [0.717, 1.165) is 34.1 Å². The first-order chi connectivity index (χ1) is 9.70. The lowest BCUT2D eigenvalue weighted by molar-refractivity contribution is 0.972. The summed E-state index contributed by atoms with van der Waals surface area (Å²) in [5.74, 6) is 0.592. The Balaban J connectivity index is 2.28. The SMILES string of the molecule is CCc1nc(-c2nccc3ccccc23)nc(Cl)c1C. The van der Waals surface area contributed by atoms with Gasteiger partial charge in [0.25, 0.3) is 0 Å². The van der Waals surface area contributed by atoms with Crippen molar-refractivity contribution in [2.45, 2.75) is 20.3 Å². The van der Waals surface area contributed by atoms with E-state index in [1.807, 2.05) is 31.2 Å². The van der Waals surface area contributed by atoms with Crippen molar-refractivity contribution >= 4 is 22.4 Å². The highest BCUT2D eigenvalue weighted by molar-refractivity contribution is 6.30. The molecule has 0 fully saturated rings. The molecule has 0 saturated heterocycles. The van der Waals surface area contributed by atoms with Gasteiger partial charge in [0.2, 0.25) is 0 Å². The van der Waals surface area contributed by atoms with Gasteiger partial charge in [-0.05, 0) is 24.8 Å². The summed E-state index contributed by atoms with van der Waals surface area (Å²) in [5, 5.41) is 2.66. The molecule has 3 nitrogen and oxygen atoms in total. The predicted octanol–water partition coefficient (Wildman–Crippen LogP) is 4.22. The van der Waals surface area contributed by atoms with Crippen LogP contribution in [0.15, 0.2) is 36.5 Å². The zero-order valence-corrected chi connectivity index (χ0v) is 12.1. The molecule has 20 heavy (non-hydrogen) atoms. The van der Waals surface area contributed by atoms with Crippen LogP contribution >= 0.6 is 11.6 Å². The first-order valence-electron chi connectivity index (χ1n) is 6.58. The zero-order valence-electron chi connectivity index (χ0n) is 11.4. The van der Waals surface area contributed by atoms with E-state index in [4.69, 9.17) is 11.6 Å². The fourth-order valence-corrected chi connectivity index (χ4v) is 2.47. The smallest absolute Gasteiger partial charge is 0.180 e. The van der Waals surface area contributed by atoms with Gasteiger partial charge < -0.3 is 0 Å². The summed E-state index contributed by atoms with van der Waals surface area (Å²) >= 11 is 6.22. The number of rotatable bonds is 2. The Kier molecular flexibility index (Phi) is 3.36. The third-order valence-corrected chi connectivity index (χ3v) is 3.78. The number of hydrogen-bond donors (Lipinski definition) is 0. The molecule has 0 amide bonds. The molecule has 2 aromatic heterocycles. The molecule has 0 bridgehead atoms. The number of halogens is 1. The molecule has 0 aliphatic carbocycles. The minimum atomic E-state index is 0.501. The third kappa shape index (κ3) is 2.14. The number of hydrogen-bond acceptors (Lipinski definition) is 3. The third-order valence-electron chi connectivity index (χ3n) is 3.41. The quantitative estimate of drug-likeness (QED) is 0.661. The van der Waals surface area contributed by atoms with Gasteiger partial charge in [-0.15, -0.1) is 0 Å².